The number of hydrogen-bond donors (Lipinski definition) is 2. The molecule has 1 aromatic heterocycles. The molecule has 0 radical (unpaired) electrons. The first-order chi connectivity index (χ1) is 12.6. The largest absolute Gasteiger partial charge is 0.494 e. The van der Waals surface area contributed by atoms with Crippen LogP contribution in [0.2, 0.25) is 0 Å². The molecule has 1 aromatic carbocycles. The summed E-state index contributed by atoms with van der Waals surface area (Å²) in [7, 11) is 0. The molecule has 2 aromatic rings. The average molecular weight is 356 g/mol. The predicted octanol–water partition coefficient (Wildman–Crippen LogP) is 2.79. The fourth-order valence-corrected chi connectivity index (χ4v) is 2.44. The number of nitrogens with zero attached hydrogens (tertiary/aromatic N) is 1. The summed E-state index contributed by atoms with van der Waals surface area (Å²) >= 11 is 0. The fourth-order valence-electron chi connectivity index (χ4n) is 2.44. The van der Waals surface area contributed by atoms with Crippen LogP contribution < -0.4 is 15.8 Å². The molecule has 0 aliphatic carbocycles. The van der Waals surface area contributed by atoms with E-state index in [1.807, 2.05) is 24.3 Å². The van der Waals surface area contributed by atoms with Crippen molar-refractivity contribution < 1.29 is 14.7 Å². The van der Waals surface area contributed by atoms with Crippen LogP contribution in [0.1, 0.15) is 30.9 Å². The van der Waals surface area contributed by atoms with Gasteiger partial charge in [0.15, 0.2) is 0 Å². The van der Waals surface area contributed by atoms with Gasteiger partial charge in [0.2, 0.25) is 0 Å². The molecule has 1 heterocycles. The maximum absolute atomic E-state index is 12.4. The van der Waals surface area contributed by atoms with E-state index in [2.05, 4.69) is 6.92 Å². The maximum Gasteiger partial charge on any atom is 0.267 e. The Labute approximate surface area is 152 Å². The van der Waals surface area contributed by atoms with Crippen LogP contribution in [0.15, 0.2) is 53.5 Å². The quantitative estimate of drug-likeness (QED) is 0.313. The van der Waals surface area contributed by atoms with Gasteiger partial charge in [0, 0.05) is 24.4 Å². The molecule has 6 heteroatoms. The Morgan fingerprint density at radius 2 is 2.15 bits per heavy atom. The zero-order chi connectivity index (χ0) is 18.8. The number of aryl methyl sites for hydroxylation is 2. The first-order valence-corrected chi connectivity index (χ1v) is 8.67. The van der Waals surface area contributed by atoms with Crippen molar-refractivity contribution in [3.05, 3.63) is 70.2 Å². The monoisotopic (exact) mass is 356 g/mol. The van der Waals surface area contributed by atoms with Gasteiger partial charge in [-0.05, 0) is 48.7 Å². The van der Waals surface area contributed by atoms with E-state index >= 15 is 0 Å². The van der Waals surface area contributed by atoms with Crippen LogP contribution in [0.25, 0.3) is 6.08 Å². The van der Waals surface area contributed by atoms with E-state index in [0.29, 0.717) is 25.1 Å². The number of pyridine rings is 1. The van der Waals surface area contributed by atoms with E-state index in [4.69, 9.17) is 9.94 Å². The van der Waals surface area contributed by atoms with Gasteiger partial charge < -0.3 is 9.30 Å². The number of amides is 1. The van der Waals surface area contributed by atoms with Gasteiger partial charge in [-0.15, -0.1) is 0 Å². The second-order valence-corrected chi connectivity index (χ2v) is 5.87. The Balaban J connectivity index is 2.03. The third-order valence-corrected chi connectivity index (χ3v) is 3.88. The summed E-state index contributed by atoms with van der Waals surface area (Å²) in [4.78, 5) is 23.5. The number of carbonyl (C=O) groups excluding carboxylic acids is 1. The first-order valence-electron chi connectivity index (χ1n) is 8.67. The highest BCUT2D eigenvalue weighted by Gasteiger charge is 2.03. The number of nitrogens with one attached hydrogen (secondary N) is 1. The number of aromatic nitrogens is 1. The maximum atomic E-state index is 12.4. The minimum Gasteiger partial charge on any atom is -0.494 e. The molecule has 0 spiro atoms. The van der Waals surface area contributed by atoms with Gasteiger partial charge in [-0.3, -0.25) is 14.8 Å². The zero-order valence-corrected chi connectivity index (χ0v) is 14.9. The predicted molar refractivity (Wildman–Crippen MR) is 100 cm³/mol. The van der Waals surface area contributed by atoms with E-state index in [1.165, 1.54) is 11.6 Å². The van der Waals surface area contributed by atoms with Gasteiger partial charge in [-0.1, -0.05) is 25.5 Å². The van der Waals surface area contributed by atoms with Crippen LogP contribution in [-0.2, 0) is 17.8 Å². The summed E-state index contributed by atoms with van der Waals surface area (Å²) in [6, 6.07) is 11.3. The highest BCUT2D eigenvalue weighted by molar-refractivity contribution is 5.90. The topological polar surface area (TPSA) is 80.6 Å². The summed E-state index contributed by atoms with van der Waals surface area (Å²) < 4.78 is 7.31. The van der Waals surface area contributed by atoms with Crippen LogP contribution in [0.4, 0.5) is 0 Å². The molecule has 26 heavy (non-hydrogen) atoms. The van der Waals surface area contributed by atoms with Crippen molar-refractivity contribution in [1.82, 2.24) is 10.0 Å². The number of hydrogen-bond acceptors (Lipinski definition) is 4. The van der Waals surface area contributed by atoms with E-state index in [0.717, 1.165) is 30.2 Å². The minimum absolute atomic E-state index is 0.190. The summed E-state index contributed by atoms with van der Waals surface area (Å²) in [6.45, 7) is 3.34. The summed E-state index contributed by atoms with van der Waals surface area (Å²) in [5, 5.41) is 8.49. The van der Waals surface area contributed by atoms with Crippen molar-refractivity contribution in [1.29, 1.82) is 0 Å². The second kappa shape index (κ2) is 10.2. The van der Waals surface area contributed by atoms with Crippen molar-refractivity contribution in [2.24, 2.45) is 0 Å². The molecule has 2 rings (SSSR count). The molecule has 0 bridgehead atoms. The number of unbranched alkanes of at least 4 members (excludes halogenated alkanes) is 1. The molecule has 138 valence electrons. The number of ether oxygens (including phenoxy) is 1. The number of rotatable bonds is 9. The van der Waals surface area contributed by atoms with Crippen LogP contribution in [0.3, 0.4) is 0 Å². The van der Waals surface area contributed by atoms with Gasteiger partial charge in [0.1, 0.15) is 5.75 Å². The van der Waals surface area contributed by atoms with Gasteiger partial charge >= 0.3 is 0 Å². The molecule has 0 fully saturated rings. The molecule has 2 N–H and O–H groups in total. The SMILES string of the molecule is CCCCOc1cccc(CCn2cccc(/C=C/C(=O)NO)c2=O)c1. The van der Waals surface area contributed by atoms with Crippen LogP contribution in [0, 0.1) is 0 Å². The number of hydroxylamine groups is 1. The summed E-state index contributed by atoms with van der Waals surface area (Å²) in [6.07, 6.45) is 7.01. The van der Waals surface area contributed by atoms with Gasteiger partial charge in [-0.2, -0.15) is 0 Å². The zero-order valence-electron chi connectivity index (χ0n) is 14.9. The van der Waals surface area contributed by atoms with Gasteiger partial charge in [-0.25, -0.2) is 5.48 Å². The Bertz CT molecular complexity index is 811. The summed E-state index contributed by atoms with van der Waals surface area (Å²) in [5.74, 6) is 0.162. The lowest BCUT2D eigenvalue weighted by Crippen LogP contribution is -2.22. The van der Waals surface area contributed by atoms with Crippen molar-refractivity contribution in [3.63, 3.8) is 0 Å². The van der Waals surface area contributed by atoms with E-state index in [9.17, 15) is 9.59 Å². The molecule has 0 aliphatic heterocycles. The normalized spacial score (nSPS) is 10.8. The van der Waals surface area contributed by atoms with E-state index < -0.39 is 5.91 Å². The minimum atomic E-state index is -0.681. The van der Waals surface area contributed by atoms with Crippen molar-refractivity contribution in [2.75, 3.05) is 6.61 Å². The van der Waals surface area contributed by atoms with Gasteiger partial charge in [0.05, 0.1) is 6.61 Å². The highest BCUT2D eigenvalue weighted by Crippen LogP contribution is 2.14. The molecule has 6 nitrogen and oxygen atoms in total. The Kier molecular flexibility index (Phi) is 7.64. The molecule has 0 saturated carbocycles. The third kappa shape index (κ3) is 5.89. The van der Waals surface area contributed by atoms with Crippen LogP contribution >= 0.6 is 0 Å². The van der Waals surface area contributed by atoms with Crippen molar-refractivity contribution >= 4 is 12.0 Å². The van der Waals surface area contributed by atoms with Crippen molar-refractivity contribution in [3.8, 4) is 5.75 Å². The van der Waals surface area contributed by atoms with E-state index in [-0.39, 0.29) is 5.56 Å². The first kappa shape index (κ1) is 19.5. The molecule has 0 aliphatic rings. The molecule has 1 amide bonds. The number of benzene rings is 1. The summed E-state index contributed by atoms with van der Waals surface area (Å²) in [5.41, 5.74) is 2.77. The average Bonchev–Trinajstić information content (AvgIpc) is 2.66. The van der Waals surface area contributed by atoms with Crippen LogP contribution in [-0.4, -0.2) is 22.3 Å². The molecule has 0 saturated heterocycles. The Hall–Kier alpha value is -2.86. The Morgan fingerprint density at radius 3 is 2.92 bits per heavy atom. The molecule has 0 atom stereocenters. The van der Waals surface area contributed by atoms with E-state index in [1.54, 1.807) is 22.9 Å². The smallest absolute Gasteiger partial charge is 0.267 e. The lowest BCUT2D eigenvalue weighted by molar-refractivity contribution is -0.124. The van der Waals surface area contributed by atoms with Crippen molar-refractivity contribution in [2.45, 2.75) is 32.7 Å². The Morgan fingerprint density at radius 1 is 1.31 bits per heavy atom. The molecular weight excluding hydrogens is 332 g/mol. The van der Waals surface area contributed by atoms with Crippen LogP contribution in [0.5, 0.6) is 5.75 Å². The highest BCUT2D eigenvalue weighted by atomic mass is 16.5. The lowest BCUT2D eigenvalue weighted by Gasteiger charge is -2.09. The second-order valence-electron chi connectivity index (χ2n) is 5.87. The molecular formula is C20H24N2O4. The third-order valence-electron chi connectivity index (χ3n) is 3.88. The number of carbonyl (C=O) groups is 1. The lowest BCUT2D eigenvalue weighted by atomic mass is 10.1. The standard InChI is InChI=1S/C20H24N2O4/c1-2-3-14-26-18-8-4-6-16(15-18)11-13-22-12-5-7-17(20(22)24)9-10-19(23)21-25/h4-10,12,15,25H,2-3,11,13-14H2,1H3,(H,21,23)/b10-9+. The fraction of sp³-hybridized carbons (Fsp3) is 0.300. The van der Waals surface area contributed by atoms with Gasteiger partial charge in [0.25, 0.3) is 11.5 Å². The molecule has 0 unspecified atom stereocenters.